The topological polar surface area (TPSA) is 66.6 Å². The molecule has 0 bridgehead atoms. The molecule has 2 aliphatic rings. The second-order valence-corrected chi connectivity index (χ2v) is 8.30. The van der Waals surface area contributed by atoms with Gasteiger partial charge in [0, 0.05) is 25.6 Å². The number of hydrogen-bond donors (Lipinski definition) is 1. The van der Waals surface area contributed by atoms with E-state index in [4.69, 9.17) is 5.73 Å². The summed E-state index contributed by atoms with van der Waals surface area (Å²) in [4.78, 5) is 29.7. The molecule has 2 fully saturated rings. The molecule has 2 unspecified atom stereocenters. The molecule has 0 spiro atoms. The van der Waals surface area contributed by atoms with Gasteiger partial charge in [-0.1, -0.05) is 36.4 Å². The number of carbonyl (C=O) groups excluding carboxylic acids is 2. The number of primary amides is 1. The van der Waals surface area contributed by atoms with Crippen molar-refractivity contribution in [2.24, 2.45) is 17.6 Å². The third-order valence-corrected chi connectivity index (χ3v) is 6.52. The summed E-state index contributed by atoms with van der Waals surface area (Å²) in [5.74, 6) is 0.269. The number of rotatable bonds is 6. The van der Waals surface area contributed by atoms with E-state index >= 15 is 0 Å². The molecule has 1 aromatic carbocycles. The van der Waals surface area contributed by atoms with Gasteiger partial charge in [-0.2, -0.15) is 0 Å². The minimum absolute atomic E-state index is 0.0755. The summed E-state index contributed by atoms with van der Waals surface area (Å²) in [6.07, 6.45) is 3.07. The first-order valence-electron chi connectivity index (χ1n) is 9.38. The van der Waals surface area contributed by atoms with Gasteiger partial charge in [-0.15, -0.1) is 11.3 Å². The number of thiophene rings is 1. The van der Waals surface area contributed by atoms with E-state index in [1.807, 2.05) is 40.6 Å². The first-order valence-corrected chi connectivity index (χ1v) is 10.3. The van der Waals surface area contributed by atoms with Crippen molar-refractivity contribution >= 4 is 23.2 Å². The van der Waals surface area contributed by atoms with Gasteiger partial charge >= 0.3 is 0 Å². The highest BCUT2D eigenvalue weighted by atomic mass is 32.1. The van der Waals surface area contributed by atoms with Crippen molar-refractivity contribution in [2.75, 3.05) is 26.2 Å². The van der Waals surface area contributed by atoms with Crippen LogP contribution < -0.4 is 5.73 Å². The summed E-state index contributed by atoms with van der Waals surface area (Å²) in [6, 6.07) is 13.7. The molecule has 2 aliphatic heterocycles. The summed E-state index contributed by atoms with van der Waals surface area (Å²) in [7, 11) is 0. The van der Waals surface area contributed by atoms with Crippen molar-refractivity contribution in [3.8, 4) is 0 Å². The summed E-state index contributed by atoms with van der Waals surface area (Å²) < 4.78 is 0. The molecular formula is C21H24N3O2S. The van der Waals surface area contributed by atoms with Crippen LogP contribution in [0.15, 0.2) is 47.8 Å². The Kier molecular flexibility index (Phi) is 5.27. The second kappa shape index (κ2) is 7.82. The van der Waals surface area contributed by atoms with Crippen LogP contribution in [0.25, 0.3) is 0 Å². The molecule has 2 amide bonds. The number of fused-ring (bicyclic) bond motifs is 1. The molecule has 6 heteroatoms. The van der Waals surface area contributed by atoms with Crippen LogP contribution in [0.4, 0.5) is 0 Å². The Morgan fingerprint density at radius 3 is 2.63 bits per heavy atom. The fourth-order valence-corrected chi connectivity index (χ4v) is 5.15. The summed E-state index contributed by atoms with van der Waals surface area (Å²) in [5.41, 5.74) is 6.95. The third-order valence-electron chi connectivity index (χ3n) is 5.67. The number of nitrogens with two attached hydrogens (primary N) is 1. The summed E-state index contributed by atoms with van der Waals surface area (Å²) in [5, 5.41) is 1.92. The predicted molar refractivity (Wildman–Crippen MR) is 106 cm³/mol. The number of amides is 2. The Bertz CT molecular complexity index is 793. The van der Waals surface area contributed by atoms with E-state index in [-0.39, 0.29) is 23.8 Å². The maximum absolute atomic E-state index is 12.6. The fraction of sp³-hybridized carbons (Fsp3) is 0.381. The average molecular weight is 383 g/mol. The van der Waals surface area contributed by atoms with Crippen LogP contribution in [0.1, 0.15) is 21.7 Å². The molecule has 2 saturated heterocycles. The molecule has 3 atom stereocenters. The zero-order valence-corrected chi connectivity index (χ0v) is 16.0. The molecule has 141 valence electrons. The molecule has 27 heavy (non-hydrogen) atoms. The van der Waals surface area contributed by atoms with Crippen LogP contribution in [0, 0.1) is 18.3 Å². The highest BCUT2D eigenvalue weighted by molar-refractivity contribution is 7.12. The predicted octanol–water partition coefficient (Wildman–Crippen LogP) is 2.25. The number of nitrogens with zero attached hydrogens (tertiary/aromatic N) is 2. The van der Waals surface area contributed by atoms with E-state index in [2.05, 4.69) is 23.5 Å². The lowest BCUT2D eigenvalue weighted by atomic mass is 9.94. The van der Waals surface area contributed by atoms with E-state index in [1.165, 1.54) is 16.9 Å². The molecule has 2 aromatic rings. The quantitative estimate of drug-likeness (QED) is 0.833. The van der Waals surface area contributed by atoms with Gasteiger partial charge in [0.25, 0.3) is 5.91 Å². The Balaban J connectivity index is 1.37. The standard InChI is InChI=1S/C21H24N3O2S/c22-20(25)19-17-14-24(21(26)18-9-5-11-27-18)13-16(17)12-23(19)10-4-8-15-6-2-1-3-7-15/h1-3,5-9,11,16-17,19H,4,10,12-14H2,(H2,22,25)/t16?,17-,19?/m1/s1. The van der Waals surface area contributed by atoms with Gasteiger partial charge in [0.15, 0.2) is 0 Å². The van der Waals surface area contributed by atoms with Crippen molar-refractivity contribution in [1.29, 1.82) is 0 Å². The summed E-state index contributed by atoms with van der Waals surface area (Å²) >= 11 is 1.47. The molecule has 0 saturated carbocycles. The first kappa shape index (κ1) is 18.2. The Morgan fingerprint density at radius 1 is 1.11 bits per heavy atom. The van der Waals surface area contributed by atoms with Gasteiger partial charge in [0.05, 0.1) is 10.9 Å². The molecule has 2 N–H and O–H groups in total. The lowest BCUT2D eigenvalue weighted by Gasteiger charge is -2.27. The van der Waals surface area contributed by atoms with Gasteiger partial charge in [0.1, 0.15) is 0 Å². The molecule has 0 aliphatic carbocycles. The second-order valence-electron chi connectivity index (χ2n) is 7.36. The largest absolute Gasteiger partial charge is 0.368 e. The van der Waals surface area contributed by atoms with Crippen LogP contribution in [-0.2, 0) is 4.79 Å². The molecule has 4 rings (SSSR count). The first-order chi connectivity index (χ1) is 13.1. The molecular weight excluding hydrogens is 358 g/mol. The van der Waals surface area contributed by atoms with Gasteiger partial charge in [-0.3, -0.25) is 14.5 Å². The number of benzene rings is 1. The van der Waals surface area contributed by atoms with Crippen molar-refractivity contribution in [3.63, 3.8) is 0 Å². The van der Waals surface area contributed by atoms with E-state index in [1.54, 1.807) is 0 Å². The van der Waals surface area contributed by atoms with Crippen molar-refractivity contribution in [2.45, 2.75) is 12.5 Å². The van der Waals surface area contributed by atoms with Crippen LogP contribution in [-0.4, -0.2) is 53.8 Å². The number of likely N-dealkylation sites (tertiary alicyclic amines) is 2. The Hall–Kier alpha value is -2.18. The van der Waals surface area contributed by atoms with Gasteiger partial charge in [0.2, 0.25) is 5.91 Å². The van der Waals surface area contributed by atoms with Crippen molar-refractivity contribution < 1.29 is 9.59 Å². The van der Waals surface area contributed by atoms with Gasteiger partial charge in [-0.05, 0) is 42.3 Å². The SMILES string of the molecule is NC(=O)C1[C@@H]2CN(C(=O)c3cccs3)CC2CN1CC[CH]c1ccccc1. The Labute approximate surface area is 163 Å². The van der Waals surface area contributed by atoms with Crippen LogP contribution in [0.2, 0.25) is 0 Å². The lowest BCUT2D eigenvalue weighted by Crippen LogP contribution is -2.46. The van der Waals surface area contributed by atoms with E-state index in [0.717, 1.165) is 24.4 Å². The smallest absolute Gasteiger partial charge is 0.263 e. The fourth-order valence-electron chi connectivity index (χ4n) is 4.46. The number of carbonyl (C=O) groups is 2. The van der Waals surface area contributed by atoms with Crippen molar-refractivity contribution in [1.82, 2.24) is 9.80 Å². The minimum Gasteiger partial charge on any atom is -0.368 e. The van der Waals surface area contributed by atoms with Crippen molar-refractivity contribution in [3.05, 3.63) is 64.7 Å². The van der Waals surface area contributed by atoms with E-state index < -0.39 is 0 Å². The zero-order chi connectivity index (χ0) is 18.8. The van der Waals surface area contributed by atoms with Crippen LogP contribution in [0.5, 0.6) is 0 Å². The van der Waals surface area contributed by atoms with Crippen LogP contribution in [0.3, 0.4) is 0 Å². The molecule has 1 aromatic heterocycles. The zero-order valence-electron chi connectivity index (χ0n) is 15.2. The minimum atomic E-state index is -0.277. The highest BCUT2D eigenvalue weighted by Crippen LogP contribution is 2.37. The average Bonchev–Trinajstić information content (AvgIpc) is 3.37. The third kappa shape index (κ3) is 3.77. The number of hydrogen-bond acceptors (Lipinski definition) is 4. The maximum Gasteiger partial charge on any atom is 0.263 e. The molecule has 5 nitrogen and oxygen atoms in total. The normalized spacial score (nSPS) is 24.9. The molecule has 1 radical (unpaired) electrons. The van der Waals surface area contributed by atoms with E-state index in [9.17, 15) is 9.59 Å². The monoisotopic (exact) mass is 382 g/mol. The Morgan fingerprint density at radius 2 is 1.93 bits per heavy atom. The maximum atomic E-state index is 12.6. The highest BCUT2D eigenvalue weighted by Gasteiger charge is 2.50. The molecule has 3 heterocycles. The van der Waals surface area contributed by atoms with Crippen LogP contribution >= 0.6 is 11.3 Å². The lowest BCUT2D eigenvalue weighted by molar-refractivity contribution is -0.123. The summed E-state index contributed by atoms with van der Waals surface area (Å²) in [6.45, 7) is 2.97. The van der Waals surface area contributed by atoms with Gasteiger partial charge < -0.3 is 10.6 Å². The van der Waals surface area contributed by atoms with E-state index in [0.29, 0.717) is 19.0 Å². The van der Waals surface area contributed by atoms with Gasteiger partial charge in [-0.25, -0.2) is 0 Å².